The van der Waals surface area contributed by atoms with E-state index in [1.807, 2.05) is 0 Å². The number of carboxylic acids is 1. The molecule has 0 saturated carbocycles. The van der Waals surface area contributed by atoms with Crippen LogP contribution < -0.4 is 10.5 Å². The van der Waals surface area contributed by atoms with Crippen molar-refractivity contribution in [2.24, 2.45) is 5.14 Å². The molecule has 1 heterocycles. The summed E-state index contributed by atoms with van der Waals surface area (Å²) in [5.41, 5.74) is 0.529. The van der Waals surface area contributed by atoms with Crippen LogP contribution in [0.3, 0.4) is 0 Å². The zero-order chi connectivity index (χ0) is 21.0. The van der Waals surface area contributed by atoms with E-state index < -0.39 is 21.9 Å². The van der Waals surface area contributed by atoms with Crippen LogP contribution >= 0.6 is 0 Å². The molecule has 148 valence electrons. The molecule has 29 heavy (non-hydrogen) atoms. The van der Waals surface area contributed by atoms with E-state index >= 15 is 0 Å². The summed E-state index contributed by atoms with van der Waals surface area (Å²) in [6, 6.07) is 17.0. The van der Waals surface area contributed by atoms with Gasteiger partial charge in [-0.1, -0.05) is 18.2 Å². The molecule has 0 aliphatic carbocycles. The fraction of sp³-hybridized carbons (Fsp3) is 0. The molecule has 9 heteroatoms. The molecule has 1 amide bonds. The van der Waals surface area contributed by atoms with Crippen molar-refractivity contribution in [1.82, 2.24) is 5.32 Å². The van der Waals surface area contributed by atoms with Gasteiger partial charge in [-0.25, -0.2) is 18.4 Å². The Labute approximate surface area is 166 Å². The Hall–Kier alpha value is -3.69. The van der Waals surface area contributed by atoms with Crippen molar-refractivity contribution in [3.63, 3.8) is 0 Å². The SMILES string of the molecule is NS(=O)(=O)c1ccc(-c2ccc(C=C(NC(=O)c3ccccc3)C(=O)O)o2)cc1. The number of nitrogens with one attached hydrogen (secondary N) is 1. The lowest BCUT2D eigenvalue weighted by molar-refractivity contribution is -0.132. The second kappa shape index (κ2) is 8.13. The monoisotopic (exact) mass is 412 g/mol. The van der Waals surface area contributed by atoms with Gasteiger partial charge in [0.15, 0.2) is 0 Å². The van der Waals surface area contributed by atoms with Gasteiger partial charge in [-0.05, 0) is 48.5 Å². The molecule has 0 aliphatic heterocycles. The van der Waals surface area contributed by atoms with Gasteiger partial charge in [0.25, 0.3) is 5.91 Å². The molecule has 0 spiro atoms. The Bertz CT molecular complexity index is 1180. The summed E-state index contributed by atoms with van der Waals surface area (Å²) in [6.45, 7) is 0. The van der Waals surface area contributed by atoms with Crippen LogP contribution in [0.25, 0.3) is 17.4 Å². The average molecular weight is 412 g/mol. The quantitative estimate of drug-likeness (QED) is 0.531. The molecule has 0 saturated heterocycles. The summed E-state index contributed by atoms with van der Waals surface area (Å²) in [7, 11) is -3.80. The molecule has 0 atom stereocenters. The molecule has 0 unspecified atom stereocenters. The van der Waals surface area contributed by atoms with Crippen LogP contribution in [-0.4, -0.2) is 25.4 Å². The molecule has 0 fully saturated rings. The van der Waals surface area contributed by atoms with Gasteiger partial charge in [-0.15, -0.1) is 0 Å². The number of hydrogen-bond acceptors (Lipinski definition) is 5. The Morgan fingerprint density at radius 3 is 2.21 bits per heavy atom. The van der Waals surface area contributed by atoms with Crippen molar-refractivity contribution in [1.29, 1.82) is 0 Å². The van der Waals surface area contributed by atoms with E-state index in [0.29, 0.717) is 16.9 Å². The molecular formula is C20H16N2O6S. The van der Waals surface area contributed by atoms with Crippen LogP contribution in [0.15, 0.2) is 81.7 Å². The predicted octanol–water partition coefficient (Wildman–Crippen LogP) is 2.45. The number of nitrogens with two attached hydrogens (primary N) is 1. The van der Waals surface area contributed by atoms with Gasteiger partial charge >= 0.3 is 5.97 Å². The van der Waals surface area contributed by atoms with E-state index in [1.54, 1.807) is 36.4 Å². The van der Waals surface area contributed by atoms with E-state index in [-0.39, 0.29) is 16.4 Å². The highest BCUT2D eigenvalue weighted by Gasteiger charge is 2.15. The fourth-order valence-electron chi connectivity index (χ4n) is 2.47. The van der Waals surface area contributed by atoms with Gasteiger partial charge in [0, 0.05) is 17.2 Å². The van der Waals surface area contributed by atoms with Crippen LogP contribution in [0.1, 0.15) is 16.1 Å². The summed E-state index contributed by atoms with van der Waals surface area (Å²) in [6.07, 6.45) is 1.19. The molecular weight excluding hydrogens is 396 g/mol. The fourth-order valence-corrected chi connectivity index (χ4v) is 2.99. The first-order valence-corrected chi connectivity index (χ1v) is 9.83. The number of sulfonamides is 1. The lowest BCUT2D eigenvalue weighted by Crippen LogP contribution is -2.27. The van der Waals surface area contributed by atoms with E-state index in [1.165, 1.54) is 36.4 Å². The van der Waals surface area contributed by atoms with Crippen LogP contribution in [0.2, 0.25) is 0 Å². The highest BCUT2D eigenvalue weighted by atomic mass is 32.2. The van der Waals surface area contributed by atoms with Gasteiger partial charge in [0.05, 0.1) is 4.90 Å². The number of furan rings is 1. The maximum atomic E-state index is 12.2. The van der Waals surface area contributed by atoms with E-state index in [9.17, 15) is 23.1 Å². The smallest absolute Gasteiger partial charge is 0.352 e. The Kier molecular flexibility index (Phi) is 5.62. The second-order valence-corrected chi connectivity index (χ2v) is 7.52. The maximum absolute atomic E-state index is 12.2. The van der Waals surface area contributed by atoms with Gasteiger partial charge in [-0.3, -0.25) is 4.79 Å². The van der Waals surface area contributed by atoms with Gasteiger partial charge in [0.2, 0.25) is 10.0 Å². The predicted molar refractivity (Wildman–Crippen MR) is 105 cm³/mol. The van der Waals surface area contributed by atoms with E-state index in [4.69, 9.17) is 9.56 Å². The number of benzene rings is 2. The van der Waals surface area contributed by atoms with Crippen molar-refractivity contribution in [3.8, 4) is 11.3 Å². The number of rotatable bonds is 6. The maximum Gasteiger partial charge on any atom is 0.352 e. The van der Waals surface area contributed by atoms with Crippen molar-refractivity contribution in [3.05, 3.63) is 83.8 Å². The highest BCUT2D eigenvalue weighted by Crippen LogP contribution is 2.24. The van der Waals surface area contributed by atoms with Crippen LogP contribution in [0.5, 0.6) is 0 Å². The zero-order valence-electron chi connectivity index (χ0n) is 14.9. The van der Waals surface area contributed by atoms with Crippen LogP contribution in [0.4, 0.5) is 0 Å². The number of carbonyl (C=O) groups is 2. The second-order valence-electron chi connectivity index (χ2n) is 5.95. The number of hydrogen-bond donors (Lipinski definition) is 3. The lowest BCUT2D eigenvalue weighted by Gasteiger charge is -2.05. The van der Waals surface area contributed by atoms with E-state index in [2.05, 4.69) is 5.32 Å². The Morgan fingerprint density at radius 1 is 0.966 bits per heavy atom. The summed E-state index contributed by atoms with van der Waals surface area (Å²) >= 11 is 0. The first kappa shape index (κ1) is 20.1. The van der Waals surface area contributed by atoms with Crippen molar-refractivity contribution >= 4 is 28.0 Å². The van der Waals surface area contributed by atoms with Crippen molar-refractivity contribution in [2.75, 3.05) is 0 Å². The third-order valence-electron chi connectivity index (χ3n) is 3.90. The number of amides is 1. The largest absolute Gasteiger partial charge is 0.477 e. The lowest BCUT2D eigenvalue weighted by atomic mass is 10.2. The summed E-state index contributed by atoms with van der Waals surface area (Å²) in [4.78, 5) is 23.6. The van der Waals surface area contributed by atoms with Gasteiger partial charge in [0.1, 0.15) is 17.2 Å². The van der Waals surface area contributed by atoms with Crippen molar-refractivity contribution < 1.29 is 27.5 Å². The zero-order valence-corrected chi connectivity index (χ0v) is 15.7. The number of aliphatic carboxylic acids is 1. The summed E-state index contributed by atoms with van der Waals surface area (Å²) < 4.78 is 28.2. The molecule has 1 aromatic heterocycles. The standard InChI is InChI=1S/C20H16N2O6S/c21-29(26,27)16-9-6-13(7-10-16)18-11-8-15(28-18)12-17(20(24)25)22-19(23)14-4-2-1-3-5-14/h1-12H,(H,22,23)(H,24,25)(H2,21,26,27). The van der Waals surface area contributed by atoms with Crippen LogP contribution in [0, 0.1) is 0 Å². The number of primary sulfonamides is 1. The van der Waals surface area contributed by atoms with Crippen LogP contribution in [-0.2, 0) is 14.8 Å². The molecule has 0 aliphatic rings. The summed E-state index contributed by atoms with van der Waals surface area (Å²) in [5, 5.41) is 16.8. The highest BCUT2D eigenvalue weighted by molar-refractivity contribution is 7.89. The van der Waals surface area contributed by atoms with Gasteiger partial charge < -0.3 is 14.8 Å². The Morgan fingerprint density at radius 2 is 1.62 bits per heavy atom. The molecule has 3 aromatic rings. The normalized spacial score (nSPS) is 11.8. The van der Waals surface area contributed by atoms with Crippen molar-refractivity contribution in [2.45, 2.75) is 4.90 Å². The first-order valence-electron chi connectivity index (χ1n) is 8.28. The molecule has 4 N–H and O–H groups in total. The third-order valence-corrected chi connectivity index (χ3v) is 4.82. The minimum Gasteiger partial charge on any atom is -0.477 e. The minimum absolute atomic E-state index is 0.0373. The molecule has 3 rings (SSSR count). The van der Waals surface area contributed by atoms with Gasteiger partial charge in [-0.2, -0.15) is 0 Å². The topological polar surface area (TPSA) is 140 Å². The molecule has 0 bridgehead atoms. The third kappa shape index (κ3) is 4.98. The number of carbonyl (C=O) groups excluding carboxylic acids is 1. The van der Waals surface area contributed by atoms with E-state index in [0.717, 1.165) is 0 Å². The molecule has 0 radical (unpaired) electrons. The first-order chi connectivity index (χ1) is 13.7. The minimum atomic E-state index is -3.80. The molecule has 8 nitrogen and oxygen atoms in total. The molecule has 2 aromatic carbocycles. The Balaban J connectivity index is 1.83. The summed E-state index contributed by atoms with van der Waals surface area (Å²) in [5.74, 6) is -1.31. The average Bonchev–Trinajstić information content (AvgIpc) is 3.16. The number of carboxylic acid groups (broad SMARTS) is 1.